The first kappa shape index (κ1) is 9.48. The highest BCUT2D eigenvalue weighted by Crippen LogP contribution is 2.37. The zero-order valence-electron chi connectivity index (χ0n) is 8.48. The van der Waals surface area contributed by atoms with E-state index in [1.165, 1.54) is 12.2 Å². The van der Waals surface area contributed by atoms with Crippen LogP contribution in [0.25, 0.3) is 0 Å². The van der Waals surface area contributed by atoms with Crippen LogP contribution in [0.2, 0.25) is 0 Å². The standard InChI is InChI=1S/C11H14N2OS/c14-11(10-2-1-3-12-10)6-13-5-9-4-8(13)7-15-9/h1-3,8-9,12H,4-7H2. The van der Waals surface area contributed by atoms with E-state index in [0.717, 1.165) is 17.5 Å². The Morgan fingerprint density at radius 3 is 3.20 bits per heavy atom. The van der Waals surface area contributed by atoms with Crippen LogP contribution in [0.5, 0.6) is 0 Å². The van der Waals surface area contributed by atoms with Crippen LogP contribution in [0.3, 0.4) is 0 Å². The fraction of sp³-hybridized carbons (Fsp3) is 0.545. The molecular formula is C11H14N2OS. The van der Waals surface area contributed by atoms with Gasteiger partial charge in [-0.3, -0.25) is 9.69 Å². The van der Waals surface area contributed by atoms with Gasteiger partial charge in [0.15, 0.2) is 5.78 Å². The van der Waals surface area contributed by atoms with Crippen molar-refractivity contribution in [3.8, 4) is 0 Å². The monoisotopic (exact) mass is 222 g/mol. The molecule has 0 radical (unpaired) electrons. The number of rotatable bonds is 3. The first-order chi connectivity index (χ1) is 7.33. The highest BCUT2D eigenvalue weighted by Gasteiger charge is 2.39. The van der Waals surface area contributed by atoms with E-state index >= 15 is 0 Å². The molecule has 2 fully saturated rings. The number of aromatic nitrogens is 1. The van der Waals surface area contributed by atoms with Gasteiger partial charge in [-0.1, -0.05) is 0 Å². The third kappa shape index (κ3) is 1.72. The van der Waals surface area contributed by atoms with E-state index < -0.39 is 0 Å². The van der Waals surface area contributed by atoms with Gasteiger partial charge in [0, 0.05) is 29.8 Å². The van der Waals surface area contributed by atoms with Gasteiger partial charge in [0.2, 0.25) is 0 Å². The van der Waals surface area contributed by atoms with Crippen LogP contribution in [0.15, 0.2) is 18.3 Å². The third-order valence-corrected chi connectivity index (χ3v) is 4.65. The first-order valence-corrected chi connectivity index (χ1v) is 6.40. The van der Waals surface area contributed by atoms with Crippen molar-refractivity contribution in [3.05, 3.63) is 24.0 Å². The van der Waals surface area contributed by atoms with Crippen molar-refractivity contribution in [1.29, 1.82) is 0 Å². The second kappa shape index (κ2) is 3.68. The van der Waals surface area contributed by atoms with Crippen molar-refractivity contribution in [3.63, 3.8) is 0 Å². The minimum Gasteiger partial charge on any atom is -0.359 e. The SMILES string of the molecule is O=C(CN1CC2CC1CS2)c1ccc[nH]1. The van der Waals surface area contributed by atoms with E-state index in [9.17, 15) is 4.79 Å². The molecule has 0 spiro atoms. The molecule has 2 saturated heterocycles. The van der Waals surface area contributed by atoms with E-state index in [4.69, 9.17) is 0 Å². The topological polar surface area (TPSA) is 36.1 Å². The summed E-state index contributed by atoms with van der Waals surface area (Å²) in [6.45, 7) is 1.68. The summed E-state index contributed by atoms with van der Waals surface area (Å²) >= 11 is 2.06. The van der Waals surface area contributed by atoms with Crippen molar-refractivity contribution in [1.82, 2.24) is 9.88 Å². The van der Waals surface area contributed by atoms with Gasteiger partial charge in [0.1, 0.15) is 0 Å². The second-order valence-corrected chi connectivity index (χ2v) is 5.61. The van der Waals surface area contributed by atoms with Crippen LogP contribution in [0, 0.1) is 0 Å². The van der Waals surface area contributed by atoms with Crippen molar-refractivity contribution in [2.45, 2.75) is 17.7 Å². The Morgan fingerprint density at radius 1 is 1.67 bits per heavy atom. The van der Waals surface area contributed by atoms with E-state index in [2.05, 4.69) is 21.6 Å². The summed E-state index contributed by atoms with van der Waals surface area (Å²) in [5, 5.41) is 0.784. The molecule has 0 saturated carbocycles. The fourth-order valence-corrected chi connectivity index (χ4v) is 3.94. The van der Waals surface area contributed by atoms with Crippen LogP contribution >= 0.6 is 11.8 Å². The second-order valence-electron chi connectivity index (χ2n) is 4.28. The van der Waals surface area contributed by atoms with Gasteiger partial charge in [-0.2, -0.15) is 11.8 Å². The molecule has 2 aliphatic heterocycles. The Hall–Kier alpha value is -0.740. The number of nitrogens with one attached hydrogen (secondary N) is 1. The number of ketones is 1. The summed E-state index contributed by atoms with van der Waals surface area (Å²) in [5.74, 6) is 1.43. The lowest BCUT2D eigenvalue weighted by atomic mass is 10.2. The van der Waals surface area contributed by atoms with Gasteiger partial charge in [-0.15, -0.1) is 0 Å². The fourth-order valence-electron chi connectivity index (χ4n) is 2.45. The molecule has 1 N–H and O–H groups in total. The first-order valence-electron chi connectivity index (χ1n) is 5.35. The Bertz CT molecular complexity index is 363. The largest absolute Gasteiger partial charge is 0.359 e. The van der Waals surface area contributed by atoms with Gasteiger partial charge >= 0.3 is 0 Å². The molecule has 0 aromatic carbocycles. The van der Waals surface area contributed by atoms with E-state index in [1.807, 2.05) is 12.1 Å². The van der Waals surface area contributed by atoms with Crippen molar-refractivity contribution in [2.75, 3.05) is 18.8 Å². The molecule has 15 heavy (non-hydrogen) atoms. The number of carbonyl (C=O) groups excluding carboxylic acids is 1. The maximum atomic E-state index is 11.9. The molecule has 2 atom stereocenters. The number of Topliss-reactive ketones (excluding diaryl/α,β-unsaturated/α-hetero) is 1. The molecule has 3 nitrogen and oxygen atoms in total. The highest BCUT2D eigenvalue weighted by atomic mass is 32.2. The predicted octanol–water partition coefficient (Wildman–Crippen LogP) is 1.39. The maximum absolute atomic E-state index is 11.9. The Morgan fingerprint density at radius 2 is 2.60 bits per heavy atom. The van der Waals surface area contributed by atoms with Crippen molar-refractivity contribution in [2.24, 2.45) is 0 Å². The molecular weight excluding hydrogens is 208 g/mol. The molecule has 0 aliphatic carbocycles. The number of hydrogen-bond acceptors (Lipinski definition) is 3. The smallest absolute Gasteiger partial charge is 0.192 e. The number of fused-ring (bicyclic) bond motifs is 2. The van der Waals surface area contributed by atoms with E-state index in [1.54, 1.807) is 6.20 Å². The molecule has 80 valence electrons. The number of H-pyrrole nitrogens is 1. The van der Waals surface area contributed by atoms with Crippen molar-refractivity contribution >= 4 is 17.5 Å². The minimum absolute atomic E-state index is 0.220. The van der Waals surface area contributed by atoms with Crippen molar-refractivity contribution < 1.29 is 4.79 Å². The normalized spacial score (nSPS) is 29.9. The van der Waals surface area contributed by atoms with Crippen LogP contribution in [-0.2, 0) is 0 Å². The van der Waals surface area contributed by atoms with E-state index in [-0.39, 0.29) is 5.78 Å². The van der Waals surface area contributed by atoms with Crippen LogP contribution < -0.4 is 0 Å². The Balaban J connectivity index is 1.64. The number of carbonyl (C=O) groups is 1. The molecule has 3 heterocycles. The average Bonchev–Trinajstić information content (AvgIpc) is 2.95. The van der Waals surface area contributed by atoms with Gasteiger partial charge in [-0.05, 0) is 18.6 Å². The minimum atomic E-state index is 0.220. The molecule has 2 unspecified atom stereocenters. The average molecular weight is 222 g/mol. The molecule has 4 heteroatoms. The summed E-state index contributed by atoms with van der Waals surface area (Å²) in [7, 11) is 0. The molecule has 3 rings (SSSR count). The van der Waals surface area contributed by atoms with Gasteiger partial charge in [-0.25, -0.2) is 0 Å². The zero-order chi connectivity index (χ0) is 10.3. The summed E-state index contributed by atoms with van der Waals surface area (Å²) < 4.78 is 0. The van der Waals surface area contributed by atoms with Crippen LogP contribution in [-0.4, -0.2) is 45.8 Å². The number of likely N-dealkylation sites (tertiary alicyclic amines) is 1. The number of hydrogen-bond donors (Lipinski definition) is 1. The summed E-state index contributed by atoms with van der Waals surface area (Å²) in [6, 6.07) is 4.38. The molecule has 1 aromatic rings. The molecule has 0 amide bonds. The number of nitrogens with zero attached hydrogens (tertiary/aromatic N) is 1. The lowest BCUT2D eigenvalue weighted by Gasteiger charge is -2.25. The summed E-state index contributed by atoms with van der Waals surface area (Å²) in [4.78, 5) is 17.2. The van der Waals surface area contributed by atoms with Gasteiger partial charge in [0.05, 0.1) is 12.2 Å². The number of thioether (sulfide) groups is 1. The highest BCUT2D eigenvalue weighted by molar-refractivity contribution is 8.00. The Labute approximate surface area is 93.2 Å². The molecule has 1 aromatic heterocycles. The lowest BCUT2D eigenvalue weighted by molar-refractivity contribution is 0.0922. The van der Waals surface area contributed by atoms with Crippen LogP contribution in [0.1, 0.15) is 16.9 Å². The quantitative estimate of drug-likeness (QED) is 0.785. The number of aromatic amines is 1. The Kier molecular flexibility index (Phi) is 2.33. The maximum Gasteiger partial charge on any atom is 0.192 e. The summed E-state index contributed by atoms with van der Waals surface area (Å²) in [6.07, 6.45) is 3.09. The third-order valence-electron chi connectivity index (χ3n) is 3.26. The summed E-state index contributed by atoms with van der Waals surface area (Å²) in [5.41, 5.74) is 0.741. The van der Waals surface area contributed by atoms with Gasteiger partial charge < -0.3 is 4.98 Å². The molecule has 2 aliphatic rings. The lowest BCUT2D eigenvalue weighted by Crippen LogP contribution is -2.38. The predicted molar refractivity (Wildman–Crippen MR) is 61.3 cm³/mol. The van der Waals surface area contributed by atoms with Crippen LogP contribution in [0.4, 0.5) is 0 Å². The van der Waals surface area contributed by atoms with Gasteiger partial charge in [0.25, 0.3) is 0 Å². The zero-order valence-corrected chi connectivity index (χ0v) is 9.30. The molecule has 2 bridgehead atoms. The van der Waals surface area contributed by atoms with E-state index in [0.29, 0.717) is 12.6 Å².